The molecule has 0 aliphatic heterocycles. The Kier molecular flexibility index (Phi) is 6.17. The molecule has 0 radical (unpaired) electrons. The van der Waals surface area contributed by atoms with E-state index in [1.54, 1.807) is 25.4 Å². The molecule has 0 atom stereocenters. The van der Waals surface area contributed by atoms with Crippen LogP contribution in [0.2, 0.25) is 5.02 Å². The van der Waals surface area contributed by atoms with Gasteiger partial charge in [-0.25, -0.2) is 9.97 Å². The number of pyridine rings is 2. The Labute approximate surface area is 139 Å². The van der Waals surface area contributed by atoms with Crippen molar-refractivity contribution in [2.24, 2.45) is 0 Å². The van der Waals surface area contributed by atoms with E-state index < -0.39 is 0 Å². The molecular formula is C16H18ClN3O3. The highest BCUT2D eigenvalue weighted by Gasteiger charge is 2.18. The molecule has 7 heteroatoms. The molecule has 2 rings (SSSR count). The molecule has 23 heavy (non-hydrogen) atoms. The summed E-state index contributed by atoms with van der Waals surface area (Å²) in [4.78, 5) is 20.6. The molecule has 2 aromatic heterocycles. The molecule has 6 nitrogen and oxygen atoms in total. The number of aromatic nitrogens is 2. The number of halogens is 1. The number of ether oxygens (including phenoxy) is 2. The monoisotopic (exact) mass is 335 g/mol. The van der Waals surface area contributed by atoms with E-state index in [1.165, 1.54) is 6.20 Å². The Morgan fingerprint density at radius 3 is 2.78 bits per heavy atom. The minimum absolute atomic E-state index is 0.240. The van der Waals surface area contributed by atoms with E-state index in [4.69, 9.17) is 21.1 Å². The number of methoxy groups -OCH3 is 1. The van der Waals surface area contributed by atoms with Crippen molar-refractivity contribution >= 4 is 17.5 Å². The summed E-state index contributed by atoms with van der Waals surface area (Å²) in [5, 5.41) is 3.09. The minimum atomic E-state index is -0.343. The molecule has 0 saturated heterocycles. The lowest BCUT2D eigenvalue weighted by Crippen LogP contribution is -2.24. The van der Waals surface area contributed by atoms with Gasteiger partial charge in [0.05, 0.1) is 18.7 Å². The third kappa shape index (κ3) is 4.56. The summed E-state index contributed by atoms with van der Waals surface area (Å²) in [5.41, 5.74) is 1.08. The summed E-state index contributed by atoms with van der Waals surface area (Å²) in [6.45, 7) is 2.76. The van der Waals surface area contributed by atoms with Crippen LogP contribution in [0, 0.1) is 0 Å². The maximum absolute atomic E-state index is 12.4. The van der Waals surface area contributed by atoms with Crippen LogP contribution in [0.1, 0.15) is 29.3 Å². The standard InChI is InChI=1S/C16H18ClN3O3/c1-3-8-23-16-14(12(17)6-7-18-16)15(21)20-10-11-4-5-13(22-2)19-9-11/h4-7,9H,3,8,10H2,1-2H3,(H,20,21). The van der Waals surface area contributed by atoms with Gasteiger partial charge >= 0.3 is 0 Å². The fraction of sp³-hybridized carbons (Fsp3) is 0.312. The molecule has 0 saturated carbocycles. The van der Waals surface area contributed by atoms with Gasteiger partial charge in [-0.2, -0.15) is 0 Å². The number of carbonyl (C=O) groups excluding carboxylic acids is 1. The van der Waals surface area contributed by atoms with E-state index in [-0.39, 0.29) is 17.4 Å². The summed E-state index contributed by atoms with van der Waals surface area (Å²) in [7, 11) is 1.55. The van der Waals surface area contributed by atoms with Crippen LogP contribution in [0.25, 0.3) is 0 Å². The molecule has 0 aliphatic carbocycles. The van der Waals surface area contributed by atoms with Gasteiger partial charge in [0.2, 0.25) is 11.8 Å². The van der Waals surface area contributed by atoms with Crippen LogP contribution in [-0.2, 0) is 6.54 Å². The van der Waals surface area contributed by atoms with E-state index in [0.717, 1.165) is 12.0 Å². The van der Waals surface area contributed by atoms with Crippen LogP contribution >= 0.6 is 11.6 Å². The van der Waals surface area contributed by atoms with E-state index >= 15 is 0 Å². The van der Waals surface area contributed by atoms with Crippen molar-refractivity contribution < 1.29 is 14.3 Å². The Hall–Kier alpha value is -2.34. The highest BCUT2D eigenvalue weighted by atomic mass is 35.5. The Morgan fingerprint density at radius 1 is 1.30 bits per heavy atom. The summed E-state index contributed by atoms with van der Waals surface area (Å²) >= 11 is 6.11. The van der Waals surface area contributed by atoms with Gasteiger partial charge in [-0.3, -0.25) is 4.79 Å². The predicted octanol–water partition coefficient (Wildman–Crippen LogP) is 2.86. The third-order valence-electron chi connectivity index (χ3n) is 3.00. The molecule has 0 fully saturated rings. The molecule has 0 aliphatic rings. The largest absolute Gasteiger partial charge is 0.481 e. The van der Waals surface area contributed by atoms with Crippen LogP contribution in [0.4, 0.5) is 0 Å². The SMILES string of the molecule is CCCOc1nccc(Cl)c1C(=O)NCc1ccc(OC)nc1. The van der Waals surface area contributed by atoms with Crippen molar-refractivity contribution in [2.45, 2.75) is 19.9 Å². The zero-order valence-corrected chi connectivity index (χ0v) is 13.8. The molecule has 0 bridgehead atoms. The highest BCUT2D eigenvalue weighted by Crippen LogP contribution is 2.24. The van der Waals surface area contributed by atoms with Gasteiger partial charge in [-0.05, 0) is 18.1 Å². The Balaban J connectivity index is 2.07. The van der Waals surface area contributed by atoms with Crippen LogP contribution < -0.4 is 14.8 Å². The van der Waals surface area contributed by atoms with Gasteiger partial charge in [0.25, 0.3) is 5.91 Å². The Morgan fingerprint density at radius 2 is 2.13 bits per heavy atom. The molecule has 1 N–H and O–H groups in total. The average Bonchev–Trinajstić information content (AvgIpc) is 2.58. The number of nitrogens with one attached hydrogen (secondary N) is 1. The lowest BCUT2D eigenvalue weighted by Gasteiger charge is -2.11. The molecule has 2 heterocycles. The first kappa shape index (κ1) is 17.0. The van der Waals surface area contributed by atoms with Crippen molar-refractivity contribution in [1.29, 1.82) is 0 Å². The number of carbonyl (C=O) groups is 1. The maximum atomic E-state index is 12.4. The van der Waals surface area contributed by atoms with Crippen LogP contribution in [-0.4, -0.2) is 29.6 Å². The molecule has 0 unspecified atom stereocenters. The lowest BCUT2D eigenvalue weighted by molar-refractivity contribution is 0.0946. The normalized spacial score (nSPS) is 10.2. The predicted molar refractivity (Wildman–Crippen MR) is 87.0 cm³/mol. The van der Waals surface area contributed by atoms with E-state index in [1.807, 2.05) is 13.0 Å². The van der Waals surface area contributed by atoms with Crippen molar-refractivity contribution in [3.8, 4) is 11.8 Å². The van der Waals surface area contributed by atoms with Crippen molar-refractivity contribution in [3.05, 3.63) is 46.7 Å². The lowest BCUT2D eigenvalue weighted by atomic mass is 10.2. The average molecular weight is 336 g/mol. The van der Waals surface area contributed by atoms with E-state index in [2.05, 4.69) is 15.3 Å². The third-order valence-corrected chi connectivity index (χ3v) is 3.31. The topological polar surface area (TPSA) is 73.3 Å². The highest BCUT2D eigenvalue weighted by molar-refractivity contribution is 6.34. The van der Waals surface area contributed by atoms with E-state index in [0.29, 0.717) is 24.1 Å². The van der Waals surface area contributed by atoms with Crippen molar-refractivity contribution in [2.75, 3.05) is 13.7 Å². The summed E-state index contributed by atoms with van der Waals surface area (Å²) in [5.74, 6) is 0.417. The molecule has 2 aromatic rings. The molecule has 0 spiro atoms. The van der Waals surface area contributed by atoms with Crippen LogP contribution in [0.15, 0.2) is 30.6 Å². The van der Waals surface area contributed by atoms with Crippen molar-refractivity contribution in [1.82, 2.24) is 15.3 Å². The zero-order chi connectivity index (χ0) is 16.7. The fourth-order valence-electron chi connectivity index (χ4n) is 1.84. The molecule has 1 amide bonds. The zero-order valence-electron chi connectivity index (χ0n) is 13.0. The number of nitrogens with zero attached hydrogens (tertiary/aromatic N) is 2. The second kappa shape index (κ2) is 8.33. The minimum Gasteiger partial charge on any atom is -0.481 e. The maximum Gasteiger partial charge on any atom is 0.258 e. The fourth-order valence-corrected chi connectivity index (χ4v) is 2.06. The van der Waals surface area contributed by atoms with Crippen LogP contribution in [0.3, 0.4) is 0 Å². The number of rotatable bonds is 7. The first-order valence-electron chi connectivity index (χ1n) is 7.20. The summed E-state index contributed by atoms with van der Waals surface area (Å²) in [6, 6.07) is 5.12. The van der Waals surface area contributed by atoms with Gasteiger partial charge in [-0.1, -0.05) is 24.6 Å². The second-order valence-corrected chi connectivity index (χ2v) is 5.12. The quantitative estimate of drug-likeness (QED) is 0.842. The molecule has 122 valence electrons. The van der Waals surface area contributed by atoms with Crippen molar-refractivity contribution in [3.63, 3.8) is 0 Å². The smallest absolute Gasteiger partial charge is 0.258 e. The second-order valence-electron chi connectivity index (χ2n) is 4.71. The Bertz CT molecular complexity index is 662. The van der Waals surface area contributed by atoms with Crippen LogP contribution in [0.5, 0.6) is 11.8 Å². The summed E-state index contributed by atoms with van der Waals surface area (Å²) < 4.78 is 10.5. The number of hydrogen-bond acceptors (Lipinski definition) is 5. The van der Waals surface area contributed by atoms with Gasteiger partial charge in [0.15, 0.2) is 0 Å². The van der Waals surface area contributed by atoms with Gasteiger partial charge in [0, 0.05) is 25.0 Å². The number of hydrogen-bond donors (Lipinski definition) is 1. The number of amides is 1. The molecular weight excluding hydrogens is 318 g/mol. The van der Waals surface area contributed by atoms with Gasteiger partial charge < -0.3 is 14.8 Å². The summed E-state index contributed by atoms with van der Waals surface area (Å²) in [6.07, 6.45) is 3.96. The van der Waals surface area contributed by atoms with Gasteiger partial charge in [-0.15, -0.1) is 0 Å². The van der Waals surface area contributed by atoms with Gasteiger partial charge in [0.1, 0.15) is 5.56 Å². The van der Waals surface area contributed by atoms with E-state index in [9.17, 15) is 4.79 Å². The first-order chi connectivity index (χ1) is 11.2. The molecule has 0 aromatic carbocycles. The first-order valence-corrected chi connectivity index (χ1v) is 7.58.